The number of benzene rings is 2. The molecule has 0 bridgehead atoms. The van der Waals surface area contributed by atoms with Gasteiger partial charge in [-0.15, -0.1) is 0 Å². The van der Waals surface area contributed by atoms with Crippen molar-refractivity contribution in [3.8, 4) is 5.75 Å². The van der Waals surface area contributed by atoms with Crippen LogP contribution < -0.4 is 4.90 Å². The first-order chi connectivity index (χ1) is 8.56. The highest BCUT2D eigenvalue weighted by Crippen LogP contribution is 2.24. The summed E-state index contributed by atoms with van der Waals surface area (Å²) in [6.45, 7) is 2.73. The van der Waals surface area contributed by atoms with Crippen molar-refractivity contribution in [1.29, 1.82) is 0 Å². The maximum atomic E-state index is 9.48. The smallest absolute Gasteiger partial charge is 0.116 e. The molecule has 94 valence electrons. The molecule has 0 unspecified atom stereocenters. The fourth-order valence-electron chi connectivity index (χ4n) is 1.83. The molecule has 0 atom stereocenters. The number of nitrogens with zero attached hydrogens (tertiary/aromatic N) is 1. The zero-order valence-corrected chi connectivity index (χ0v) is 11.3. The fourth-order valence-corrected chi connectivity index (χ4v) is 2.01. The molecule has 0 aromatic heterocycles. The van der Waals surface area contributed by atoms with Crippen LogP contribution in [0.1, 0.15) is 11.1 Å². The molecular weight excluding hydrogens is 246 g/mol. The maximum absolute atomic E-state index is 9.48. The molecule has 2 aromatic rings. The van der Waals surface area contributed by atoms with Gasteiger partial charge in [0, 0.05) is 24.3 Å². The van der Waals surface area contributed by atoms with Gasteiger partial charge in [0.25, 0.3) is 0 Å². The molecule has 2 rings (SSSR count). The zero-order valence-electron chi connectivity index (χ0n) is 10.5. The van der Waals surface area contributed by atoms with Gasteiger partial charge in [0.1, 0.15) is 5.75 Å². The molecule has 3 heteroatoms. The molecule has 0 radical (unpaired) electrons. The lowest BCUT2D eigenvalue weighted by Gasteiger charge is -2.20. The molecule has 18 heavy (non-hydrogen) atoms. The minimum absolute atomic E-state index is 0.242. The Morgan fingerprint density at radius 1 is 1.11 bits per heavy atom. The molecule has 0 fully saturated rings. The van der Waals surface area contributed by atoms with Crippen LogP contribution in [-0.4, -0.2) is 12.2 Å². The lowest BCUT2D eigenvalue weighted by Crippen LogP contribution is -2.16. The first-order valence-electron chi connectivity index (χ1n) is 5.81. The van der Waals surface area contributed by atoms with Gasteiger partial charge in [-0.05, 0) is 42.8 Å². The van der Waals surface area contributed by atoms with Gasteiger partial charge in [0.15, 0.2) is 0 Å². The predicted molar refractivity (Wildman–Crippen MR) is 76.4 cm³/mol. The Hall–Kier alpha value is -1.67. The fraction of sp³-hybridized carbons (Fsp3) is 0.200. The standard InChI is InChI=1S/C15H16ClNO/c1-11-3-5-13(6-4-11)17(2)10-12-9-14(18)7-8-15(12)16/h3-9,18H,10H2,1-2H3. The van der Waals surface area contributed by atoms with Crippen molar-refractivity contribution in [3.63, 3.8) is 0 Å². The highest BCUT2D eigenvalue weighted by molar-refractivity contribution is 6.31. The Kier molecular flexibility index (Phi) is 3.78. The summed E-state index contributed by atoms with van der Waals surface area (Å²) in [5.74, 6) is 0.242. The van der Waals surface area contributed by atoms with Gasteiger partial charge in [-0.1, -0.05) is 29.3 Å². The number of anilines is 1. The van der Waals surface area contributed by atoms with Crippen molar-refractivity contribution in [2.75, 3.05) is 11.9 Å². The SMILES string of the molecule is Cc1ccc(N(C)Cc2cc(O)ccc2Cl)cc1. The monoisotopic (exact) mass is 261 g/mol. The van der Waals surface area contributed by atoms with Crippen LogP contribution in [0.5, 0.6) is 5.75 Å². The van der Waals surface area contributed by atoms with Gasteiger partial charge in [-0.2, -0.15) is 0 Å². The van der Waals surface area contributed by atoms with E-state index in [0.717, 1.165) is 11.3 Å². The summed E-state index contributed by atoms with van der Waals surface area (Å²) in [5, 5.41) is 10.2. The molecule has 1 N–H and O–H groups in total. The predicted octanol–water partition coefficient (Wildman–Crippen LogP) is 3.99. The number of phenols is 1. The van der Waals surface area contributed by atoms with E-state index in [1.54, 1.807) is 18.2 Å². The van der Waals surface area contributed by atoms with E-state index in [0.29, 0.717) is 11.6 Å². The van der Waals surface area contributed by atoms with E-state index < -0.39 is 0 Å². The second kappa shape index (κ2) is 5.32. The minimum atomic E-state index is 0.242. The molecule has 0 aliphatic carbocycles. The number of phenolic OH excluding ortho intramolecular Hbond substituents is 1. The van der Waals surface area contributed by atoms with E-state index >= 15 is 0 Å². The normalized spacial score (nSPS) is 10.4. The zero-order chi connectivity index (χ0) is 13.1. The second-order valence-electron chi connectivity index (χ2n) is 4.47. The summed E-state index contributed by atoms with van der Waals surface area (Å²) >= 11 is 6.12. The van der Waals surface area contributed by atoms with Crippen LogP contribution in [0.25, 0.3) is 0 Å². The first kappa shape index (κ1) is 12.8. The molecule has 0 amide bonds. The third-order valence-electron chi connectivity index (χ3n) is 2.91. The van der Waals surface area contributed by atoms with Crippen LogP contribution >= 0.6 is 11.6 Å². The van der Waals surface area contributed by atoms with E-state index in [4.69, 9.17) is 11.6 Å². The number of aromatic hydroxyl groups is 1. The van der Waals surface area contributed by atoms with Gasteiger partial charge >= 0.3 is 0 Å². The van der Waals surface area contributed by atoms with Crippen LogP contribution in [0.2, 0.25) is 5.02 Å². The number of hydrogen-bond donors (Lipinski definition) is 1. The van der Waals surface area contributed by atoms with E-state index in [1.807, 2.05) is 7.05 Å². The van der Waals surface area contributed by atoms with Crippen molar-refractivity contribution in [2.24, 2.45) is 0 Å². The highest BCUT2D eigenvalue weighted by Gasteiger charge is 2.06. The van der Waals surface area contributed by atoms with Crippen LogP contribution in [0.15, 0.2) is 42.5 Å². The Morgan fingerprint density at radius 2 is 1.78 bits per heavy atom. The van der Waals surface area contributed by atoms with Gasteiger partial charge in [0.2, 0.25) is 0 Å². The topological polar surface area (TPSA) is 23.5 Å². The lowest BCUT2D eigenvalue weighted by atomic mass is 10.1. The second-order valence-corrected chi connectivity index (χ2v) is 4.87. The van der Waals surface area contributed by atoms with E-state index in [-0.39, 0.29) is 5.75 Å². The Bertz CT molecular complexity index is 537. The largest absolute Gasteiger partial charge is 0.508 e. The van der Waals surface area contributed by atoms with Crippen molar-refractivity contribution in [3.05, 3.63) is 58.6 Å². The Morgan fingerprint density at radius 3 is 2.44 bits per heavy atom. The summed E-state index contributed by atoms with van der Waals surface area (Å²) in [6.07, 6.45) is 0. The molecule has 0 aliphatic rings. The molecule has 0 spiro atoms. The van der Waals surface area contributed by atoms with Crippen LogP contribution in [-0.2, 0) is 6.54 Å². The third kappa shape index (κ3) is 2.96. The van der Waals surface area contributed by atoms with Crippen LogP contribution in [0.4, 0.5) is 5.69 Å². The maximum Gasteiger partial charge on any atom is 0.116 e. The van der Waals surface area contributed by atoms with E-state index in [1.165, 1.54) is 5.56 Å². The molecule has 0 saturated heterocycles. The number of hydrogen-bond acceptors (Lipinski definition) is 2. The number of halogens is 1. The van der Waals surface area contributed by atoms with E-state index in [9.17, 15) is 5.11 Å². The van der Waals surface area contributed by atoms with Crippen molar-refractivity contribution in [1.82, 2.24) is 0 Å². The van der Waals surface area contributed by atoms with Crippen LogP contribution in [0, 0.1) is 6.92 Å². The van der Waals surface area contributed by atoms with Gasteiger partial charge < -0.3 is 10.0 Å². The molecule has 2 nitrogen and oxygen atoms in total. The minimum Gasteiger partial charge on any atom is -0.508 e. The number of rotatable bonds is 3. The molecular formula is C15H16ClNO. The lowest BCUT2D eigenvalue weighted by molar-refractivity contribution is 0.474. The van der Waals surface area contributed by atoms with Gasteiger partial charge in [-0.25, -0.2) is 0 Å². The quantitative estimate of drug-likeness (QED) is 0.903. The summed E-state index contributed by atoms with van der Waals surface area (Å²) in [5.41, 5.74) is 3.28. The van der Waals surface area contributed by atoms with Crippen molar-refractivity contribution < 1.29 is 5.11 Å². The number of aryl methyl sites for hydroxylation is 1. The highest BCUT2D eigenvalue weighted by atomic mass is 35.5. The Balaban J connectivity index is 2.18. The summed E-state index contributed by atoms with van der Waals surface area (Å²) in [7, 11) is 2.01. The van der Waals surface area contributed by atoms with Gasteiger partial charge in [0.05, 0.1) is 0 Å². The third-order valence-corrected chi connectivity index (χ3v) is 3.28. The average Bonchev–Trinajstić information content (AvgIpc) is 2.34. The van der Waals surface area contributed by atoms with Gasteiger partial charge in [-0.3, -0.25) is 0 Å². The Labute approximate surface area is 112 Å². The van der Waals surface area contributed by atoms with Crippen LogP contribution in [0.3, 0.4) is 0 Å². The summed E-state index contributed by atoms with van der Waals surface area (Å²) in [4.78, 5) is 2.10. The molecule has 0 heterocycles. The van der Waals surface area contributed by atoms with E-state index in [2.05, 4.69) is 36.1 Å². The van der Waals surface area contributed by atoms with Crippen molar-refractivity contribution >= 4 is 17.3 Å². The molecule has 2 aromatic carbocycles. The summed E-state index contributed by atoms with van der Waals surface area (Å²) < 4.78 is 0. The first-order valence-corrected chi connectivity index (χ1v) is 6.19. The summed E-state index contributed by atoms with van der Waals surface area (Å²) in [6, 6.07) is 13.3. The molecule has 0 aliphatic heterocycles. The molecule has 0 saturated carbocycles. The average molecular weight is 262 g/mol. The van der Waals surface area contributed by atoms with Crippen molar-refractivity contribution in [2.45, 2.75) is 13.5 Å².